The number of sulfonamides is 1. The first-order chi connectivity index (χ1) is 9.49. The van der Waals surface area contributed by atoms with Crippen LogP contribution in [0, 0.1) is 13.8 Å². The predicted octanol–water partition coefficient (Wildman–Crippen LogP) is 2.14. The molecule has 0 aliphatic rings. The van der Waals surface area contributed by atoms with Gasteiger partial charge in [-0.2, -0.15) is 0 Å². The zero-order chi connectivity index (χ0) is 14.6. The number of hydrogen-bond donors (Lipinski definition) is 0. The SMILES string of the molecule is Cc1ccc(S(=O)(=O)N=C[N-][n+]2ccccc2C)cc1. The van der Waals surface area contributed by atoms with Crippen molar-refractivity contribution in [2.45, 2.75) is 18.7 Å². The maximum atomic E-state index is 12.0. The average molecular weight is 289 g/mol. The highest BCUT2D eigenvalue weighted by Gasteiger charge is 2.05. The van der Waals surface area contributed by atoms with Gasteiger partial charge in [0.05, 0.1) is 4.90 Å². The molecule has 104 valence electrons. The summed E-state index contributed by atoms with van der Waals surface area (Å²) in [6.07, 6.45) is 2.77. The van der Waals surface area contributed by atoms with Crippen LogP contribution >= 0.6 is 0 Å². The summed E-state index contributed by atoms with van der Waals surface area (Å²) in [5.74, 6) is 0. The Balaban J connectivity index is 2.14. The van der Waals surface area contributed by atoms with Gasteiger partial charge in [-0.05, 0) is 25.4 Å². The van der Waals surface area contributed by atoms with Crippen LogP contribution in [0.1, 0.15) is 11.3 Å². The number of aromatic nitrogens is 1. The largest absolute Gasteiger partial charge is 0.356 e. The summed E-state index contributed by atoms with van der Waals surface area (Å²) in [7, 11) is -3.70. The number of pyridine rings is 1. The van der Waals surface area contributed by atoms with E-state index in [2.05, 4.69) is 9.82 Å². The second-order valence-electron chi connectivity index (χ2n) is 4.31. The van der Waals surface area contributed by atoms with Crippen molar-refractivity contribution >= 4 is 16.4 Å². The van der Waals surface area contributed by atoms with Crippen LogP contribution in [0.25, 0.3) is 5.43 Å². The normalized spacial score (nSPS) is 11.7. The van der Waals surface area contributed by atoms with Gasteiger partial charge in [0, 0.05) is 19.1 Å². The molecule has 20 heavy (non-hydrogen) atoms. The molecule has 0 saturated carbocycles. The molecule has 0 amide bonds. The number of rotatable bonds is 4. The summed E-state index contributed by atoms with van der Waals surface area (Å²) in [6.45, 7) is 3.76. The Morgan fingerprint density at radius 3 is 2.45 bits per heavy atom. The lowest BCUT2D eigenvalue weighted by Crippen LogP contribution is -2.32. The molecule has 2 rings (SSSR count). The fourth-order valence-corrected chi connectivity index (χ4v) is 2.33. The third-order valence-electron chi connectivity index (χ3n) is 2.72. The lowest BCUT2D eigenvalue weighted by molar-refractivity contribution is -0.623. The summed E-state index contributed by atoms with van der Waals surface area (Å²) in [5.41, 5.74) is 5.85. The summed E-state index contributed by atoms with van der Waals surface area (Å²) in [6, 6.07) is 12.1. The van der Waals surface area contributed by atoms with Gasteiger partial charge in [-0.3, -0.25) is 0 Å². The minimum absolute atomic E-state index is 0.157. The number of aryl methyl sites for hydroxylation is 2. The van der Waals surface area contributed by atoms with Crippen molar-refractivity contribution in [2.75, 3.05) is 0 Å². The fourth-order valence-electron chi connectivity index (χ4n) is 1.56. The van der Waals surface area contributed by atoms with E-state index in [1.165, 1.54) is 12.1 Å². The lowest BCUT2D eigenvalue weighted by Gasteiger charge is -2.06. The molecule has 0 aliphatic heterocycles. The highest BCUT2D eigenvalue weighted by Crippen LogP contribution is 2.12. The van der Waals surface area contributed by atoms with Gasteiger partial charge in [0.25, 0.3) is 0 Å². The van der Waals surface area contributed by atoms with Gasteiger partial charge in [0.15, 0.2) is 11.9 Å². The standard InChI is InChI=1S/C14H15N3O2S/c1-12-6-8-14(9-7-12)20(18,19)16-11-15-17-10-4-3-5-13(17)2/h3-11H,1-2H3. The second-order valence-corrected chi connectivity index (χ2v) is 5.94. The van der Waals surface area contributed by atoms with Gasteiger partial charge in [-0.1, -0.05) is 23.8 Å². The van der Waals surface area contributed by atoms with Crippen molar-refractivity contribution in [3.63, 3.8) is 0 Å². The van der Waals surface area contributed by atoms with Crippen molar-refractivity contribution in [2.24, 2.45) is 4.40 Å². The van der Waals surface area contributed by atoms with E-state index in [1.807, 2.05) is 26.0 Å². The van der Waals surface area contributed by atoms with Crippen molar-refractivity contribution in [3.8, 4) is 0 Å². The van der Waals surface area contributed by atoms with Crippen LogP contribution in [0.2, 0.25) is 0 Å². The van der Waals surface area contributed by atoms with Gasteiger partial charge in [-0.25, -0.2) is 13.8 Å². The van der Waals surface area contributed by atoms with Gasteiger partial charge in [-0.15, -0.1) is 4.68 Å². The molecule has 0 bridgehead atoms. The van der Waals surface area contributed by atoms with Crippen molar-refractivity contribution in [1.29, 1.82) is 0 Å². The van der Waals surface area contributed by atoms with Crippen LogP contribution in [0.3, 0.4) is 0 Å². The van der Waals surface area contributed by atoms with E-state index >= 15 is 0 Å². The maximum Gasteiger partial charge on any atom is 0.201 e. The molecule has 2 aromatic rings. The molecule has 0 aliphatic carbocycles. The zero-order valence-electron chi connectivity index (χ0n) is 11.3. The van der Waals surface area contributed by atoms with E-state index in [-0.39, 0.29) is 4.90 Å². The maximum absolute atomic E-state index is 12.0. The molecule has 0 saturated heterocycles. The summed E-state index contributed by atoms with van der Waals surface area (Å²) in [4.78, 5) is 0.157. The Hall–Kier alpha value is -2.21. The van der Waals surface area contributed by atoms with E-state index in [1.54, 1.807) is 29.1 Å². The van der Waals surface area contributed by atoms with Gasteiger partial charge >= 0.3 is 0 Å². The van der Waals surface area contributed by atoms with Gasteiger partial charge in [0.1, 0.15) is 0 Å². The van der Waals surface area contributed by atoms with Crippen molar-refractivity contribution in [1.82, 2.24) is 0 Å². The smallest absolute Gasteiger partial charge is 0.201 e. The van der Waals surface area contributed by atoms with E-state index in [0.717, 1.165) is 17.6 Å². The Kier molecular flexibility index (Phi) is 4.14. The summed E-state index contributed by atoms with van der Waals surface area (Å²) < 4.78 is 29.0. The first-order valence-corrected chi connectivity index (χ1v) is 7.47. The minimum Gasteiger partial charge on any atom is -0.356 e. The molecule has 0 atom stereocenters. The van der Waals surface area contributed by atoms with E-state index in [0.29, 0.717) is 0 Å². The van der Waals surface area contributed by atoms with Crippen LogP contribution < -0.4 is 4.68 Å². The van der Waals surface area contributed by atoms with Gasteiger partial charge < -0.3 is 4.40 Å². The Labute approximate surface area is 118 Å². The van der Waals surface area contributed by atoms with Crippen LogP contribution in [0.4, 0.5) is 0 Å². The lowest BCUT2D eigenvalue weighted by atomic mass is 10.2. The van der Waals surface area contributed by atoms with Crippen LogP contribution in [-0.4, -0.2) is 14.8 Å². The van der Waals surface area contributed by atoms with Crippen LogP contribution in [0.5, 0.6) is 0 Å². The van der Waals surface area contributed by atoms with Crippen molar-refractivity contribution in [3.05, 3.63) is 65.3 Å². The number of benzene rings is 1. The Bertz CT molecular complexity index is 722. The van der Waals surface area contributed by atoms with E-state index in [4.69, 9.17) is 0 Å². The molecule has 0 radical (unpaired) electrons. The molecule has 0 fully saturated rings. The fraction of sp³-hybridized carbons (Fsp3) is 0.143. The minimum atomic E-state index is -3.70. The predicted molar refractivity (Wildman–Crippen MR) is 77.0 cm³/mol. The number of hydrogen-bond acceptors (Lipinski definition) is 2. The Morgan fingerprint density at radius 1 is 1.10 bits per heavy atom. The molecule has 0 N–H and O–H groups in total. The third kappa shape index (κ3) is 3.42. The number of nitrogens with zero attached hydrogens (tertiary/aromatic N) is 3. The zero-order valence-corrected chi connectivity index (χ0v) is 12.1. The average Bonchev–Trinajstić information content (AvgIpc) is 2.41. The first kappa shape index (κ1) is 14.2. The van der Waals surface area contributed by atoms with Gasteiger partial charge in [0.2, 0.25) is 10.0 Å². The van der Waals surface area contributed by atoms with E-state index < -0.39 is 10.0 Å². The third-order valence-corrected chi connectivity index (χ3v) is 3.96. The summed E-state index contributed by atoms with van der Waals surface area (Å²) in [5, 5.41) is 0. The van der Waals surface area contributed by atoms with Crippen molar-refractivity contribution < 1.29 is 13.1 Å². The topological polar surface area (TPSA) is 64.5 Å². The van der Waals surface area contributed by atoms with E-state index in [9.17, 15) is 8.42 Å². The highest BCUT2D eigenvalue weighted by atomic mass is 32.2. The molecule has 0 unspecified atom stereocenters. The second kappa shape index (κ2) is 5.83. The van der Waals surface area contributed by atoms with Crippen LogP contribution in [0.15, 0.2) is 58.0 Å². The molecule has 0 spiro atoms. The Morgan fingerprint density at radius 2 is 1.80 bits per heavy atom. The highest BCUT2D eigenvalue weighted by molar-refractivity contribution is 7.90. The molecule has 1 aromatic heterocycles. The monoisotopic (exact) mass is 289 g/mol. The molecule has 5 nitrogen and oxygen atoms in total. The first-order valence-electron chi connectivity index (χ1n) is 6.03. The molecular formula is C14H15N3O2S. The quantitative estimate of drug-likeness (QED) is 0.492. The van der Waals surface area contributed by atoms with Crippen LogP contribution in [-0.2, 0) is 10.0 Å². The molecule has 1 aromatic carbocycles. The molecule has 1 heterocycles. The molecular weight excluding hydrogens is 274 g/mol. The molecule has 6 heteroatoms. The summed E-state index contributed by atoms with van der Waals surface area (Å²) >= 11 is 0.